The van der Waals surface area contributed by atoms with E-state index in [9.17, 15) is 22.8 Å². The van der Waals surface area contributed by atoms with Crippen LogP contribution in [0.2, 0.25) is 0 Å². The minimum Gasteiger partial charge on any atom is -0.497 e. The van der Waals surface area contributed by atoms with E-state index in [1.165, 1.54) is 43.5 Å². The molecule has 7 nitrogen and oxygen atoms in total. The Labute approximate surface area is 180 Å². The SMILES string of the molecule is COc1ccc(Oc2c(C(F)(F)F)oc3cc(OCC(=O)OC(C)C)ccc3c2=O)cc1. The van der Waals surface area contributed by atoms with Gasteiger partial charge in [-0.2, -0.15) is 13.2 Å². The van der Waals surface area contributed by atoms with E-state index in [4.69, 9.17) is 23.4 Å². The molecule has 32 heavy (non-hydrogen) atoms. The minimum absolute atomic E-state index is 0.00781. The smallest absolute Gasteiger partial charge is 0.453 e. The van der Waals surface area contributed by atoms with Crippen molar-refractivity contribution in [3.63, 3.8) is 0 Å². The van der Waals surface area contributed by atoms with Gasteiger partial charge in [0.1, 0.15) is 22.8 Å². The number of alkyl halides is 3. The fraction of sp³-hybridized carbons (Fsp3) is 0.273. The van der Waals surface area contributed by atoms with Gasteiger partial charge in [-0.3, -0.25) is 4.79 Å². The Morgan fingerprint density at radius 1 is 1.03 bits per heavy atom. The molecule has 0 radical (unpaired) electrons. The summed E-state index contributed by atoms with van der Waals surface area (Å²) in [6.07, 6.45) is -5.35. The van der Waals surface area contributed by atoms with Crippen molar-refractivity contribution in [1.29, 1.82) is 0 Å². The van der Waals surface area contributed by atoms with E-state index in [2.05, 4.69) is 0 Å². The number of esters is 1. The lowest BCUT2D eigenvalue weighted by atomic mass is 10.2. The molecule has 0 atom stereocenters. The Morgan fingerprint density at radius 3 is 2.25 bits per heavy atom. The highest BCUT2D eigenvalue weighted by Gasteiger charge is 2.40. The van der Waals surface area contributed by atoms with E-state index in [-0.39, 0.29) is 28.6 Å². The standard InChI is InChI=1S/C22H19F3O7/c1-12(2)30-18(26)11-29-15-8-9-16-17(10-15)32-21(22(23,24)25)20(19(16)27)31-14-6-4-13(28-3)5-7-14/h4-10,12H,11H2,1-3H3. The third kappa shape index (κ3) is 5.32. The summed E-state index contributed by atoms with van der Waals surface area (Å²) >= 11 is 0. The average Bonchev–Trinajstić information content (AvgIpc) is 2.73. The molecule has 3 aromatic rings. The van der Waals surface area contributed by atoms with E-state index in [0.717, 1.165) is 6.07 Å². The highest BCUT2D eigenvalue weighted by Crippen LogP contribution is 2.38. The molecule has 0 bridgehead atoms. The van der Waals surface area contributed by atoms with Crippen LogP contribution in [0.3, 0.4) is 0 Å². The second kappa shape index (κ2) is 9.21. The first-order valence-electron chi connectivity index (χ1n) is 9.40. The van der Waals surface area contributed by atoms with Gasteiger partial charge in [0.05, 0.1) is 18.6 Å². The van der Waals surface area contributed by atoms with Gasteiger partial charge in [0.2, 0.25) is 11.2 Å². The van der Waals surface area contributed by atoms with Gasteiger partial charge in [0.15, 0.2) is 6.61 Å². The van der Waals surface area contributed by atoms with Crippen LogP contribution in [-0.4, -0.2) is 25.8 Å². The number of ether oxygens (including phenoxy) is 4. The van der Waals surface area contributed by atoms with Gasteiger partial charge >= 0.3 is 12.1 Å². The summed E-state index contributed by atoms with van der Waals surface area (Å²) in [5.41, 5.74) is -1.39. The summed E-state index contributed by atoms with van der Waals surface area (Å²) in [4.78, 5) is 24.4. The number of fused-ring (bicyclic) bond motifs is 1. The molecule has 2 aromatic carbocycles. The molecule has 0 saturated heterocycles. The van der Waals surface area contributed by atoms with Crippen molar-refractivity contribution in [2.75, 3.05) is 13.7 Å². The first kappa shape index (κ1) is 23.0. The van der Waals surface area contributed by atoms with E-state index in [1.807, 2.05) is 0 Å². The first-order valence-corrected chi connectivity index (χ1v) is 9.40. The largest absolute Gasteiger partial charge is 0.497 e. The normalized spacial score (nSPS) is 11.5. The molecular weight excluding hydrogens is 433 g/mol. The van der Waals surface area contributed by atoms with Gasteiger partial charge in [-0.05, 0) is 50.2 Å². The molecule has 0 N–H and O–H groups in total. The number of benzene rings is 2. The van der Waals surface area contributed by atoms with Crippen molar-refractivity contribution >= 4 is 16.9 Å². The number of hydrogen-bond donors (Lipinski definition) is 0. The molecule has 1 aromatic heterocycles. The molecule has 0 aliphatic heterocycles. The number of halogens is 3. The number of methoxy groups -OCH3 is 1. The van der Waals surface area contributed by atoms with E-state index in [0.29, 0.717) is 5.75 Å². The maximum absolute atomic E-state index is 13.6. The summed E-state index contributed by atoms with van der Waals surface area (Å²) in [7, 11) is 1.43. The molecule has 10 heteroatoms. The van der Waals surface area contributed by atoms with Gasteiger partial charge < -0.3 is 23.4 Å². The maximum Gasteiger partial charge on any atom is 0.453 e. The summed E-state index contributed by atoms with van der Waals surface area (Å²) in [5, 5.41) is -0.154. The summed E-state index contributed by atoms with van der Waals surface area (Å²) < 4.78 is 66.3. The molecule has 0 saturated carbocycles. The van der Waals surface area contributed by atoms with Crippen LogP contribution in [0.1, 0.15) is 19.6 Å². The van der Waals surface area contributed by atoms with E-state index >= 15 is 0 Å². The van der Waals surface area contributed by atoms with Gasteiger partial charge in [0, 0.05) is 6.07 Å². The first-order chi connectivity index (χ1) is 15.1. The fourth-order valence-corrected chi connectivity index (χ4v) is 2.73. The summed E-state index contributed by atoms with van der Waals surface area (Å²) in [5.74, 6) is -2.76. The number of rotatable bonds is 7. The minimum atomic E-state index is -5.01. The lowest BCUT2D eigenvalue weighted by molar-refractivity contribution is -0.154. The van der Waals surface area contributed by atoms with Crippen molar-refractivity contribution in [3.05, 3.63) is 58.4 Å². The summed E-state index contributed by atoms with van der Waals surface area (Å²) in [6, 6.07) is 9.30. The summed E-state index contributed by atoms with van der Waals surface area (Å²) in [6.45, 7) is 2.86. The highest BCUT2D eigenvalue weighted by atomic mass is 19.4. The lowest BCUT2D eigenvalue weighted by Gasteiger charge is -2.14. The van der Waals surface area contributed by atoms with Crippen molar-refractivity contribution in [3.8, 4) is 23.0 Å². The molecule has 0 aliphatic carbocycles. The van der Waals surface area contributed by atoms with Gasteiger partial charge in [0.25, 0.3) is 5.76 Å². The van der Waals surface area contributed by atoms with Crippen molar-refractivity contribution in [2.45, 2.75) is 26.1 Å². The Kier molecular flexibility index (Phi) is 6.61. The molecule has 3 rings (SSSR count). The fourth-order valence-electron chi connectivity index (χ4n) is 2.73. The Balaban J connectivity index is 1.98. The maximum atomic E-state index is 13.6. The van der Waals surface area contributed by atoms with Gasteiger partial charge in [-0.25, -0.2) is 4.79 Å². The predicted octanol–water partition coefficient (Wildman–Crippen LogP) is 4.94. The van der Waals surface area contributed by atoms with Crippen molar-refractivity contribution in [2.24, 2.45) is 0 Å². The number of carbonyl (C=O) groups excluding carboxylic acids is 1. The van der Waals surface area contributed by atoms with Crippen LogP contribution in [-0.2, 0) is 15.7 Å². The van der Waals surface area contributed by atoms with Gasteiger partial charge in [-0.15, -0.1) is 0 Å². The Hall–Kier alpha value is -3.69. The predicted molar refractivity (Wildman–Crippen MR) is 107 cm³/mol. The van der Waals surface area contributed by atoms with Crippen LogP contribution >= 0.6 is 0 Å². The Morgan fingerprint density at radius 2 is 1.66 bits per heavy atom. The lowest BCUT2D eigenvalue weighted by Crippen LogP contribution is -2.19. The number of carbonyl (C=O) groups is 1. The average molecular weight is 452 g/mol. The van der Waals surface area contributed by atoms with Crippen LogP contribution in [0.15, 0.2) is 51.7 Å². The quantitative estimate of drug-likeness (QED) is 0.470. The topological polar surface area (TPSA) is 84.2 Å². The molecule has 170 valence electrons. The van der Waals surface area contributed by atoms with Crippen LogP contribution < -0.4 is 19.6 Å². The zero-order valence-electron chi connectivity index (χ0n) is 17.3. The third-order valence-electron chi connectivity index (χ3n) is 4.08. The van der Waals surface area contributed by atoms with Crippen LogP contribution in [0.4, 0.5) is 13.2 Å². The second-order valence-corrected chi connectivity index (χ2v) is 6.85. The van der Waals surface area contributed by atoms with Crippen molar-refractivity contribution in [1.82, 2.24) is 0 Å². The molecule has 0 amide bonds. The van der Waals surface area contributed by atoms with Gasteiger partial charge in [-0.1, -0.05) is 0 Å². The Bertz CT molecular complexity index is 1170. The zero-order chi connectivity index (χ0) is 23.5. The second-order valence-electron chi connectivity index (χ2n) is 6.85. The molecule has 0 unspecified atom stereocenters. The molecule has 1 heterocycles. The molecule has 0 fully saturated rings. The monoisotopic (exact) mass is 452 g/mol. The van der Waals surface area contributed by atoms with E-state index in [1.54, 1.807) is 13.8 Å². The molecule has 0 spiro atoms. The molecular formula is C22H19F3O7. The van der Waals surface area contributed by atoms with Crippen LogP contribution in [0.5, 0.6) is 23.0 Å². The van der Waals surface area contributed by atoms with Crippen molar-refractivity contribution < 1.29 is 41.3 Å². The van der Waals surface area contributed by atoms with Crippen LogP contribution in [0, 0.1) is 0 Å². The highest BCUT2D eigenvalue weighted by molar-refractivity contribution is 5.80. The zero-order valence-corrected chi connectivity index (χ0v) is 17.3. The third-order valence-corrected chi connectivity index (χ3v) is 4.08. The molecule has 0 aliphatic rings. The van der Waals surface area contributed by atoms with Crippen LogP contribution in [0.25, 0.3) is 11.0 Å². The van der Waals surface area contributed by atoms with E-state index < -0.39 is 35.7 Å². The number of hydrogen-bond acceptors (Lipinski definition) is 7.